The van der Waals surface area contributed by atoms with Gasteiger partial charge in [-0.15, -0.1) is 5.10 Å². The van der Waals surface area contributed by atoms with Crippen LogP contribution in [0.15, 0.2) is 5.10 Å². The third-order valence-electron chi connectivity index (χ3n) is 2.23. The Bertz CT molecular complexity index is 261. The first-order valence-electron chi connectivity index (χ1n) is 4.59. The molecule has 0 aliphatic carbocycles. The molecule has 0 fully saturated rings. The fraction of sp³-hybridized carbons (Fsp3) is 0.889. The van der Waals surface area contributed by atoms with E-state index in [1.54, 1.807) is 9.91 Å². The van der Waals surface area contributed by atoms with Gasteiger partial charge in [-0.2, -0.15) is 0 Å². The van der Waals surface area contributed by atoms with Crippen LogP contribution in [0, 0.1) is 0 Å². The van der Waals surface area contributed by atoms with E-state index >= 15 is 0 Å². The van der Waals surface area contributed by atoms with Gasteiger partial charge in [0.1, 0.15) is 0 Å². The smallest absolute Gasteiger partial charge is 0.235 e. The average molecular weight is 220 g/mol. The van der Waals surface area contributed by atoms with Gasteiger partial charge in [0.05, 0.1) is 5.60 Å². The summed E-state index contributed by atoms with van der Waals surface area (Å²) in [6, 6.07) is 0. The lowest BCUT2D eigenvalue weighted by molar-refractivity contribution is -0.237. The van der Waals surface area contributed by atoms with Crippen LogP contribution in [0.5, 0.6) is 0 Å². The maximum atomic E-state index is 5.93. The van der Waals surface area contributed by atoms with Gasteiger partial charge in [0.15, 0.2) is 0 Å². The van der Waals surface area contributed by atoms with E-state index in [0.29, 0.717) is 5.29 Å². The van der Waals surface area contributed by atoms with Gasteiger partial charge in [-0.1, -0.05) is 0 Å². The number of nitrogens with zero attached hydrogens (tertiary/aromatic N) is 3. The van der Waals surface area contributed by atoms with Gasteiger partial charge < -0.3 is 9.64 Å². The lowest BCUT2D eigenvalue weighted by atomic mass is 10.2. The number of rotatable bonds is 1. The highest BCUT2D eigenvalue weighted by Crippen LogP contribution is 2.31. The van der Waals surface area contributed by atoms with Crippen LogP contribution in [0.3, 0.4) is 0 Å². The molecule has 4 nitrogen and oxygen atoms in total. The molecule has 0 aromatic carbocycles. The Morgan fingerprint density at radius 1 is 1.36 bits per heavy atom. The molecule has 0 bridgehead atoms. The number of amidine groups is 1. The first-order valence-corrected chi connectivity index (χ1v) is 4.96. The molecule has 1 rings (SSSR count). The molecule has 0 N–H and O–H groups in total. The summed E-state index contributed by atoms with van der Waals surface area (Å²) in [5, 5.41) is 6.29. The molecule has 0 aromatic rings. The van der Waals surface area contributed by atoms with Crippen LogP contribution >= 0.6 is 11.6 Å². The van der Waals surface area contributed by atoms with Crippen molar-refractivity contribution in [3.8, 4) is 0 Å². The van der Waals surface area contributed by atoms with Crippen molar-refractivity contribution in [2.45, 2.75) is 39.1 Å². The van der Waals surface area contributed by atoms with Crippen molar-refractivity contribution in [1.29, 1.82) is 0 Å². The van der Waals surface area contributed by atoms with E-state index < -0.39 is 5.85 Å². The lowest BCUT2D eigenvalue weighted by Crippen LogP contribution is -2.55. The molecule has 5 heteroatoms. The van der Waals surface area contributed by atoms with E-state index in [0.717, 1.165) is 0 Å². The van der Waals surface area contributed by atoms with Gasteiger partial charge in [0.25, 0.3) is 0 Å². The van der Waals surface area contributed by atoms with Crippen molar-refractivity contribution >= 4 is 16.9 Å². The molecule has 82 valence electrons. The second-order valence-electron chi connectivity index (χ2n) is 4.60. The molecular weight excluding hydrogens is 202 g/mol. The predicted octanol–water partition coefficient (Wildman–Crippen LogP) is 1.86. The number of hydrogen-bond acceptors (Lipinski definition) is 4. The highest BCUT2D eigenvalue weighted by atomic mass is 35.5. The fourth-order valence-electron chi connectivity index (χ4n) is 1.39. The molecule has 0 spiro atoms. The van der Waals surface area contributed by atoms with Crippen molar-refractivity contribution in [3.63, 3.8) is 0 Å². The van der Waals surface area contributed by atoms with E-state index in [4.69, 9.17) is 16.3 Å². The average Bonchev–Trinajstić information content (AvgIpc) is 2.13. The van der Waals surface area contributed by atoms with Crippen LogP contribution in [-0.4, -0.2) is 40.7 Å². The van der Waals surface area contributed by atoms with Crippen LogP contribution < -0.4 is 0 Å². The maximum absolute atomic E-state index is 5.93. The predicted molar refractivity (Wildman–Crippen MR) is 58.1 cm³/mol. The topological polar surface area (TPSA) is 28.1 Å². The van der Waals surface area contributed by atoms with Gasteiger partial charge in [-0.3, -0.25) is 0 Å². The van der Waals surface area contributed by atoms with Crippen LogP contribution in [0.4, 0.5) is 0 Å². The number of halogens is 1. The summed E-state index contributed by atoms with van der Waals surface area (Å²) in [6.45, 7) is 7.96. The van der Waals surface area contributed by atoms with Gasteiger partial charge in [-0.05, 0) is 32.4 Å². The summed E-state index contributed by atoms with van der Waals surface area (Å²) in [5.74, 6) is -0.602. The molecule has 1 atom stereocenters. The summed E-state index contributed by atoms with van der Waals surface area (Å²) in [6.07, 6.45) is 0. The van der Waals surface area contributed by atoms with Crippen LogP contribution in [0.2, 0.25) is 0 Å². The van der Waals surface area contributed by atoms with Crippen LogP contribution in [-0.2, 0) is 4.74 Å². The maximum Gasteiger partial charge on any atom is 0.235 e. The SMILES string of the molecule is CN1N=C(Cl)N(C)C1(C)OC(C)(C)C. The first-order chi connectivity index (χ1) is 6.17. The van der Waals surface area contributed by atoms with Crippen LogP contribution in [0.1, 0.15) is 27.7 Å². The van der Waals surface area contributed by atoms with Crippen molar-refractivity contribution in [2.75, 3.05) is 14.1 Å². The number of ether oxygens (including phenoxy) is 1. The monoisotopic (exact) mass is 219 g/mol. The Hall–Kier alpha value is -0.480. The van der Waals surface area contributed by atoms with Gasteiger partial charge in [-0.25, -0.2) is 5.01 Å². The van der Waals surface area contributed by atoms with Gasteiger partial charge >= 0.3 is 0 Å². The Morgan fingerprint density at radius 2 is 1.86 bits per heavy atom. The third-order valence-corrected chi connectivity index (χ3v) is 2.56. The van der Waals surface area contributed by atoms with E-state index in [-0.39, 0.29) is 5.60 Å². The standard InChI is InChI=1S/C9H18ClN3O/c1-8(2,3)14-9(4)12(5)7(10)11-13(9)6/h1-6H3. The molecule has 1 unspecified atom stereocenters. The Labute approximate surface area is 90.5 Å². The molecule has 0 radical (unpaired) electrons. The Balaban J connectivity index is 2.86. The van der Waals surface area contributed by atoms with Gasteiger partial charge in [0.2, 0.25) is 11.1 Å². The lowest BCUT2D eigenvalue weighted by Gasteiger charge is -2.41. The summed E-state index contributed by atoms with van der Waals surface area (Å²) in [5.41, 5.74) is -0.242. The van der Waals surface area contributed by atoms with E-state index in [1.807, 2.05) is 41.8 Å². The minimum Gasteiger partial charge on any atom is -0.331 e. The molecule has 1 aliphatic heterocycles. The Morgan fingerprint density at radius 3 is 2.14 bits per heavy atom. The molecule has 1 heterocycles. The zero-order valence-electron chi connectivity index (χ0n) is 9.63. The van der Waals surface area contributed by atoms with Crippen molar-refractivity contribution in [3.05, 3.63) is 0 Å². The number of hydrazone groups is 1. The first kappa shape index (κ1) is 11.6. The molecule has 0 aromatic heterocycles. The highest BCUT2D eigenvalue weighted by molar-refractivity contribution is 6.64. The molecule has 0 amide bonds. The quantitative estimate of drug-likeness (QED) is 0.631. The molecule has 0 saturated carbocycles. The highest BCUT2D eigenvalue weighted by Gasteiger charge is 2.44. The summed E-state index contributed by atoms with van der Waals surface area (Å²) in [4.78, 5) is 1.81. The second-order valence-corrected chi connectivity index (χ2v) is 4.94. The van der Waals surface area contributed by atoms with E-state index in [9.17, 15) is 0 Å². The molecule has 1 aliphatic rings. The zero-order chi connectivity index (χ0) is 11.1. The zero-order valence-corrected chi connectivity index (χ0v) is 10.4. The van der Waals surface area contributed by atoms with Crippen molar-refractivity contribution in [1.82, 2.24) is 9.91 Å². The minimum absolute atomic E-state index is 0.242. The summed E-state index contributed by atoms with van der Waals surface area (Å²) in [7, 11) is 3.71. The van der Waals surface area contributed by atoms with E-state index in [2.05, 4.69) is 5.10 Å². The normalized spacial score (nSPS) is 28.4. The number of hydrogen-bond donors (Lipinski definition) is 0. The summed E-state index contributed by atoms with van der Waals surface area (Å²) >= 11 is 5.93. The molecular formula is C9H18ClN3O. The fourth-order valence-corrected chi connectivity index (χ4v) is 1.66. The molecule has 14 heavy (non-hydrogen) atoms. The van der Waals surface area contributed by atoms with Crippen LogP contribution in [0.25, 0.3) is 0 Å². The molecule has 0 saturated heterocycles. The van der Waals surface area contributed by atoms with Crippen molar-refractivity contribution in [2.24, 2.45) is 5.10 Å². The largest absolute Gasteiger partial charge is 0.331 e. The van der Waals surface area contributed by atoms with Crippen molar-refractivity contribution < 1.29 is 4.74 Å². The van der Waals surface area contributed by atoms with E-state index in [1.165, 1.54) is 0 Å². The van der Waals surface area contributed by atoms with Gasteiger partial charge in [0, 0.05) is 21.0 Å². The third kappa shape index (κ3) is 1.96. The Kier molecular flexibility index (Phi) is 2.71. The second kappa shape index (κ2) is 3.28. The summed E-state index contributed by atoms with van der Waals surface area (Å²) < 4.78 is 5.93. The minimum atomic E-state index is -0.602.